The Bertz CT molecular complexity index is 355. The van der Waals surface area contributed by atoms with E-state index >= 15 is 0 Å². The van der Waals surface area contributed by atoms with Crippen molar-refractivity contribution in [3.8, 4) is 0 Å². The Balaban J connectivity index is 0.000000272. The highest BCUT2D eigenvalue weighted by molar-refractivity contribution is 5.62. The van der Waals surface area contributed by atoms with Crippen molar-refractivity contribution in [2.75, 3.05) is 11.5 Å². The van der Waals surface area contributed by atoms with Crippen LogP contribution in [0.25, 0.3) is 0 Å². The second-order valence-electron chi connectivity index (χ2n) is 4.52. The first kappa shape index (κ1) is 17.2. The number of hydrogen-bond acceptors (Lipinski definition) is 5. The van der Waals surface area contributed by atoms with Crippen LogP contribution in [0.5, 0.6) is 0 Å². The summed E-state index contributed by atoms with van der Waals surface area (Å²) in [5.74, 6) is -0.833. The maximum absolute atomic E-state index is 9.00. The van der Waals surface area contributed by atoms with Gasteiger partial charge in [-0.2, -0.15) is 0 Å². The van der Waals surface area contributed by atoms with Gasteiger partial charge in [-0.25, -0.2) is 0 Å². The van der Waals surface area contributed by atoms with Crippen molar-refractivity contribution < 1.29 is 9.90 Å². The molecule has 6 nitrogen and oxygen atoms in total. The molecule has 1 aliphatic carbocycles. The number of nitrogen functional groups attached to an aromatic ring is 2. The van der Waals surface area contributed by atoms with Gasteiger partial charge in [0, 0.05) is 30.4 Å². The van der Waals surface area contributed by atoms with Crippen LogP contribution in [0.3, 0.4) is 0 Å². The van der Waals surface area contributed by atoms with E-state index < -0.39 is 5.97 Å². The van der Waals surface area contributed by atoms with Crippen molar-refractivity contribution in [3.63, 3.8) is 0 Å². The molecule has 1 fully saturated rings. The normalized spacial score (nSPS) is 20.6. The summed E-state index contributed by atoms with van der Waals surface area (Å²) in [6.45, 7) is 1.08. The third kappa shape index (κ3) is 11.1. The lowest BCUT2D eigenvalue weighted by molar-refractivity contribution is -0.134. The van der Waals surface area contributed by atoms with E-state index in [2.05, 4.69) is 0 Å². The molecule has 108 valence electrons. The molecule has 0 amide bonds. The van der Waals surface area contributed by atoms with Gasteiger partial charge in [-0.15, -0.1) is 0 Å². The van der Waals surface area contributed by atoms with Crippen LogP contribution in [-0.4, -0.2) is 23.2 Å². The van der Waals surface area contributed by atoms with E-state index in [1.807, 2.05) is 6.07 Å². The van der Waals surface area contributed by atoms with Crippen molar-refractivity contribution in [1.82, 2.24) is 0 Å². The lowest BCUT2D eigenvalue weighted by Gasteiger charge is -1.97. The van der Waals surface area contributed by atoms with Gasteiger partial charge in [0.15, 0.2) is 0 Å². The summed E-state index contributed by atoms with van der Waals surface area (Å²) >= 11 is 0. The van der Waals surface area contributed by atoms with E-state index in [-0.39, 0.29) is 0 Å². The fourth-order valence-electron chi connectivity index (χ4n) is 1.61. The number of hydrogen-bond donors (Lipinski definition) is 5. The molecule has 0 saturated heterocycles. The van der Waals surface area contributed by atoms with Crippen molar-refractivity contribution in [2.24, 2.45) is 11.5 Å². The molecule has 19 heavy (non-hydrogen) atoms. The highest BCUT2D eigenvalue weighted by atomic mass is 16.4. The Labute approximate surface area is 113 Å². The molecule has 0 aromatic heterocycles. The minimum Gasteiger partial charge on any atom is -0.481 e. The SMILES string of the molecule is CC(=O)O.N[C@@H]1CC[C@H](N)C1.Nc1cccc(N)c1. The molecule has 1 saturated carbocycles. The zero-order chi connectivity index (χ0) is 14.8. The molecule has 0 heterocycles. The van der Waals surface area contributed by atoms with Crippen LogP contribution in [-0.2, 0) is 4.79 Å². The van der Waals surface area contributed by atoms with Crippen LogP contribution < -0.4 is 22.9 Å². The summed E-state index contributed by atoms with van der Waals surface area (Å²) in [6.07, 6.45) is 3.28. The highest BCUT2D eigenvalue weighted by Gasteiger charge is 2.16. The summed E-state index contributed by atoms with van der Waals surface area (Å²) in [5, 5.41) is 7.42. The van der Waals surface area contributed by atoms with Crippen molar-refractivity contribution in [2.45, 2.75) is 38.3 Å². The molecule has 2 atom stereocenters. The van der Waals surface area contributed by atoms with Gasteiger partial charge in [0.1, 0.15) is 0 Å². The number of benzene rings is 1. The number of nitrogens with two attached hydrogens (primary N) is 4. The molecular weight excluding hydrogens is 244 g/mol. The predicted molar refractivity (Wildman–Crippen MR) is 78.4 cm³/mol. The molecule has 2 rings (SSSR count). The first-order valence-corrected chi connectivity index (χ1v) is 6.13. The first-order chi connectivity index (χ1) is 8.81. The van der Waals surface area contributed by atoms with Gasteiger partial charge < -0.3 is 28.0 Å². The van der Waals surface area contributed by atoms with Gasteiger partial charge in [0.25, 0.3) is 5.97 Å². The average Bonchev–Trinajstić information content (AvgIpc) is 2.62. The number of anilines is 2. The summed E-state index contributed by atoms with van der Waals surface area (Å²) in [7, 11) is 0. The summed E-state index contributed by atoms with van der Waals surface area (Å²) < 4.78 is 0. The molecule has 0 spiro atoms. The Morgan fingerprint density at radius 2 is 1.53 bits per heavy atom. The third-order valence-corrected chi connectivity index (χ3v) is 2.42. The minimum atomic E-state index is -0.833. The van der Waals surface area contributed by atoms with Crippen LogP contribution in [0.2, 0.25) is 0 Å². The molecule has 0 bridgehead atoms. The summed E-state index contributed by atoms with van der Waals surface area (Å²) in [4.78, 5) is 9.00. The molecule has 1 aromatic carbocycles. The lowest BCUT2D eigenvalue weighted by atomic mass is 10.2. The van der Waals surface area contributed by atoms with Crippen LogP contribution in [0.1, 0.15) is 26.2 Å². The van der Waals surface area contributed by atoms with Gasteiger partial charge in [-0.05, 0) is 37.5 Å². The van der Waals surface area contributed by atoms with E-state index in [9.17, 15) is 0 Å². The molecule has 6 heteroatoms. The Morgan fingerprint density at radius 3 is 1.68 bits per heavy atom. The van der Waals surface area contributed by atoms with Crippen molar-refractivity contribution >= 4 is 17.3 Å². The van der Waals surface area contributed by atoms with E-state index in [0.717, 1.165) is 26.2 Å². The predicted octanol–water partition coefficient (Wildman–Crippen LogP) is 0.767. The van der Waals surface area contributed by atoms with Gasteiger partial charge in [-0.3, -0.25) is 4.79 Å². The lowest BCUT2D eigenvalue weighted by Crippen LogP contribution is -2.20. The minimum absolute atomic E-state index is 0.398. The molecule has 0 radical (unpaired) electrons. The zero-order valence-electron chi connectivity index (χ0n) is 11.3. The molecule has 0 unspecified atom stereocenters. The van der Waals surface area contributed by atoms with E-state index in [1.54, 1.807) is 18.2 Å². The third-order valence-electron chi connectivity index (χ3n) is 2.42. The Kier molecular flexibility index (Phi) is 8.32. The van der Waals surface area contributed by atoms with Gasteiger partial charge in [-0.1, -0.05) is 6.07 Å². The first-order valence-electron chi connectivity index (χ1n) is 6.13. The monoisotopic (exact) mass is 268 g/mol. The van der Waals surface area contributed by atoms with Crippen LogP contribution in [0.15, 0.2) is 24.3 Å². The molecule has 1 aromatic rings. The number of carboxylic acids is 1. The number of aliphatic carboxylic acids is 1. The van der Waals surface area contributed by atoms with Crippen molar-refractivity contribution in [3.05, 3.63) is 24.3 Å². The second-order valence-corrected chi connectivity index (χ2v) is 4.52. The Morgan fingerprint density at radius 1 is 1.16 bits per heavy atom. The van der Waals surface area contributed by atoms with E-state index in [1.165, 1.54) is 0 Å². The smallest absolute Gasteiger partial charge is 0.300 e. The average molecular weight is 268 g/mol. The van der Waals surface area contributed by atoms with E-state index in [0.29, 0.717) is 23.5 Å². The fourth-order valence-corrected chi connectivity index (χ4v) is 1.61. The summed E-state index contributed by atoms with van der Waals surface area (Å²) in [5.41, 5.74) is 23.3. The standard InChI is InChI=1S/C6H8N2.C5H12N2.C2H4O2/c7-5-2-1-3-6(8)4-5;6-4-1-2-5(7)3-4;1-2(3)4/h1-4H,7-8H2;4-5H,1-3,6-7H2;1H3,(H,3,4)/t;4-,5+;. The molecule has 1 aliphatic rings. The van der Waals surface area contributed by atoms with Gasteiger partial charge in [0.2, 0.25) is 0 Å². The van der Waals surface area contributed by atoms with Crippen LogP contribution >= 0.6 is 0 Å². The molecular formula is C13H24N4O2. The zero-order valence-corrected chi connectivity index (χ0v) is 11.3. The maximum Gasteiger partial charge on any atom is 0.300 e. The van der Waals surface area contributed by atoms with Gasteiger partial charge >= 0.3 is 0 Å². The number of rotatable bonds is 0. The number of carboxylic acid groups (broad SMARTS) is 1. The topological polar surface area (TPSA) is 141 Å². The highest BCUT2D eigenvalue weighted by Crippen LogP contribution is 2.13. The quantitative estimate of drug-likeness (QED) is 0.440. The van der Waals surface area contributed by atoms with Gasteiger partial charge in [0.05, 0.1) is 0 Å². The molecule has 0 aliphatic heterocycles. The van der Waals surface area contributed by atoms with E-state index in [4.69, 9.17) is 32.8 Å². The fraction of sp³-hybridized carbons (Fsp3) is 0.462. The Hall–Kier alpha value is -1.79. The van der Waals surface area contributed by atoms with Crippen molar-refractivity contribution in [1.29, 1.82) is 0 Å². The summed E-state index contributed by atoms with van der Waals surface area (Å²) in [6, 6.07) is 7.95. The number of carbonyl (C=O) groups is 1. The second kappa shape index (κ2) is 9.18. The van der Waals surface area contributed by atoms with Crippen LogP contribution in [0, 0.1) is 0 Å². The maximum atomic E-state index is 9.00. The largest absolute Gasteiger partial charge is 0.481 e. The molecule has 9 N–H and O–H groups in total. The van der Waals surface area contributed by atoms with Crippen LogP contribution in [0.4, 0.5) is 11.4 Å².